The average Bonchev–Trinajstić information content (AvgIpc) is 2.25. The second-order valence-corrected chi connectivity index (χ2v) is 4.11. The fraction of sp³-hybridized carbons (Fsp3) is 0.455. The van der Waals surface area contributed by atoms with E-state index in [0.29, 0.717) is 6.54 Å². The molecule has 2 nitrogen and oxygen atoms in total. The van der Waals surface area contributed by atoms with Gasteiger partial charge >= 0.3 is 0 Å². The van der Waals surface area contributed by atoms with Crippen LogP contribution in [0.2, 0.25) is 0 Å². The lowest BCUT2D eigenvalue weighted by molar-refractivity contribution is 0.176. The highest BCUT2D eigenvalue weighted by atomic mass is 32.2. The number of aliphatic hydroxyl groups is 1. The van der Waals surface area contributed by atoms with E-state index >= 15 is 0 Å². The molecule has 0 radical (unpaired) electrons. The Morgan fingerprint density at radius 1 is 1.36 bits per heavy atom. The Morgan fingerprint density at radius 2 is 2.07 bits per heavy atom. The Labute approximate surface area is 89.7 Å². The van der Waals surface area contributed by atoms with Gasteiger partial charge < -0.3 is 10.4 Å². The van der Waals surface area contributed by atoms with Crippen molar-refractivity contribution in [2.75, 3.05) is 25.1 Å². The molecule has 2 N–H and O–H groups in total. The largest absolute Gasteiger partial charge is 0.387 e. The van der Waals surface area contributed by atoms with Gasteiger partial charge in [0.1, 0.15) is 0 Å². The minimum Gasteiger partial charge on any atom is -0.387 e. The van der Waals surface area contributed by atoms with Crippen LogP contribution in [0.1, 0.15) is 11.7 Å². The number of hydrogen-bond acceptors (Lipinski definition) is 3. The second kappa shape index (κ2) is 6.87. The number of aliphatic hydroxyl groups excluding tert-OH is 1. The predicted molar refractivity (Wildman–Crippen MR) is 62.7 cm³/mol. The van der Waals surface area contributed by atoms with Crippen molar-refractivity contribution in [3.63, 3.8) is 0 Å². The van der Waals surface area contributed by atoms with Crippen LogP contribution in [0.4, 0.5) is 0 Å². The quantitative estimate of drug-likeness (QED) is 0.702. The zero-order chi connectivity index (χ0) is 10.2. The van der Waals surface area contributed by atoms with Gasteiger partial charge in [-0.3, -0.25) is 0 Å². The fourth-order valence-corrected chi connectivity index (χ4v) is 1.55. The van der Waals surface area contributed by atoms with E-state index in [1.165, 1.54) is 0 Å². The second-order valence-electron chi connectivity index (χ2n) is 3.12. The molecule has 1 aromatic rings. The topological polar surface area (TPSA) is 32.3 Å². The molecule has 0 aliphatic carbocycles. The van der Waals surface area contributed by atoms with E-state index < -0.39 is 6.10 Å². The molecule has 0 aliphatic rings. The summed E-state index contributed by atoms with van der Waals surface area (Å²) in [4.78, 5) is 0. The molecule has 0 amide bonds. The molecule has 3 heteroatoms. The van der Waals surface area contributed by atoms with E-state index in [1.54, 1.807) is 11.8 Å². The average molecular weight is 211 g/mol. The maximum absolute atomic E-state index is 9.75. The number of nitrogens with one attached hydrogen (secondary N) is 1. The van der Waals surface area contributed by atoms with Crippen LogP contribution in [0.3, 0.4) is 0 Å². The Morgan fingerprint density at radius 3 is 2.71 bits per heavy atom. The third kappa shape index (κ3) is 4.13. The van der Waals surface area contributed by atoms with Crippen molar-refractivity contribution in [1.82, 2.24) is 5.32 Å². The van der Waals surface area contributed by atoms with Crippen molar-refractivity contribution in [2.45, 2.75) is 6.10 Å². The molecule has 0 aliphatic heterocycles. The summed E-state index contributed by atoms with van der Waals surface area (Å²) < 4.78 is 0. The Balaban J connectivity index is 2.25. The third-order valence-electron chi connectivity index (χ3n) is 2.00. The van der Waals surface area contributed by atoms with E-state index in [9.17, 15) is 5.11 Å². The standard InChI is InChI=1S/C11H17NOS/c1-14-8-7-12-9-11(13)10-5-3-2-4-6-10/h2-6,11-13H,7-9H2,1H3. The minimum atomic E-state index is -0.391. The lowest BCUT2D eigenvalue weighted by Crippen LogP contribution is -2.23. The molecular formula is C11H17NOS. The molecule has 1 atom stereocenters. The zero-order valence-electron chi connectivity index (χ0n) is 8.44. The van der Waals surface area contributed by atoms with Crippen LogP contribution in [-0.2, 0) is 0 Å². The van der Waals surface area contributed by atoms with Crippen LogP contribution >= 0.6 is 11.8 Å². The summed E-state index contributed by atoms with van der Waals surface area (Å²) in [5.74, 6) is 1.08. The molecule has 0 saturated heterocycles. The minimum absolute atomic E-state index is 0.391. The van der Waals surface area contributed by atoms with Gasteiger partial charge in [-0.25, -0.2) is 0 Å². The fourth-order valence-electron chi connectivity index (χ4n) is 1.21. The van der Waals surface area contributed by atoms with Gasteiger partial charge in [-0.15, -0.1) is 0 Å². The van der Waals surface area contributed by atoms with Gasteiger partial charge in [0.25, 0.3) is 0 Å². The Bertz CT molecular complexity index is 240. The maximum atomic E-state index is 9.75. The number of hydrogen-bond donors (Lipinski definition) is 2. The lowest BCUT2D eigenvalue weighted by Gasteiger charge is -2.11. The van der Waals surface area contributed by atoms with Gasteiger partial charge in [0.05, 0.1) is 6.10 Å². The van der Waals surface area contributed by atoms with Crippen LogP contribution in [0.15, 0.2) is 30.3 Å². The molecule has 0 fully saturated rings. The van der Waals surface area contributed by atoms with Gasteiger partial charge in [-0.1, -0.05) is 30.3 Å². The molecule has 1 unspecified atom stereocenters. The first kappa shape index (κ1) is 11.6. The first-order chi connectivity index (χ1) is 6.84. The van der Waals surface area contributed by atoms with Crippen molar-refractivity contribution in [3.05, 3.63) is 35.9 Å². The number of thioether (sulfide) groups is 1. The summed E-state index contributed by atoms with van der Waals surface area (Å²) in [6.07, 6.45) is 1.69. The van der Waals surface area contributed by atoms with E-state index in [-0.39, 0.29) is 0 Å². The van der Waals surface area contributed by atoms with Crippen LogP contribution in [-0.4, -0.2) is 30.2 Å². The summed E-state index contributed by atoms with van der Waals surface area (Å²) in [6.45, 7) is 1.58. The Kier molecular flexibility index (Phi) is 5.68. The maximum Gasteiger partial charge on any atom is 0.0914 e. The molecule has 78 valence electrons. The molecular weight excluding hydrogens is 194 g/mol. The predicted octanol–water partition coefficient (Wildman–Crippen LogP) is 1.67. The van der Waals surface area contributed by atoms with E-state index in [1.807, 2.05) is 30.3 Å². The molecule has 0 heterocycles. The molecule has 0 bridgehead atoms. The van der Waals surface area contributed by atoms with E-state index in [4.69, 9.17) is 0 Å². The highest BCUT2D eigenvalue weighted by molar-refractivity contribution is 7.98. The molecule has 0 aromatic heterocycles. The molecule has 14 heavy (non-hydrogen) atoms. The van der Waals surface area contributed by atoms with Crippen LogP contribution < -0.4 is 5.32 Å². The first-order valence-corrected chi connectivity index (χ1v) is 6.16. The van der Waals surface area contributed by atoms with Crippen molar-refractivity contribution in [1.29, 1.82) is 0 Å². The van der Waals surface area contributed by atoms with E-state index in [2.05, 4.69) is 11.6 Å². The molecule has 0 spiro atoms. The third-order valence-corrected chi connectivity index (χ3v) is 2.62. The first-order valence-electron chi connectivity index (χ1n) is 4.77. The molecule has 1 aromatic carbocycles. The monoisotopic (exact) mass is 211 g/mol. The number of rotatable bonds is 6. The van der Waals surface area contributed by atoms with Crippen LogP contribution in [0.25, 0.3) is 0 Å². The van der Waals surface area contributed by atoms with Gasteiger partial charge in [-0.05, 0) is 11.8 Å². The lowest BCUT2D eigenvalue weighted by atomic mass is 10.1. The molecule has 1 rings (SSSR count). The SMILES string of the molecule is CSCCNCC(O)c1ccccc1. The zero-order valence-corrected chi connectivity index (χ0v) is 9.26. The summed E-state index contributed by atoms with van der Waals surface area (Å²) in [6, 6.07) is 9.74. The summed E-state index contributed by atoms with van der Waals surface area (Å²) in [5, 5.41) is 13.0. The highest BCUT2D eigenvalue weighted by Gasteiger charge is 2.04. The van der Waals surface area contributed by atoms with Gasteiger partial charge in [0.15, 0.2) is 0 Å². The van der Waals surface area contributed by atoms with Crippen molar-refractivity contribution < 1.29 is 5.11 Å². The van der Waals surface area contributed by atoms with Crippen LogP contribution in [0, 0.1) is 0 Å². The summed E-state index contributed by atoms with van der Waals surface area (Å²) in [5.41, 5.74) is 0.976. The van der Waals surface area contributed by atoms with Crippen molar-refractivity contribution in [2.24, 2.45) is 0 Å². The molecule has 0 saturated carbocycles. The van der Waals surface area contributed by atoms with Crippen molar-refractivity contribution >= 4 is 11.8 Å². The summed E-state index contributed by atoms with van der Waals surface area (Å²) in [7, 11) is 0. The smallest absolute Gasteiger partial charge is 0.0914 e. The highest BCUT2D eigenvalue weighted by Crippen LogP contribution is 2.10. The normalized spacial score (nSPS) is 12.7. The van der Waals surface area contributed by atoms with Crippen LogP contribution in [0.5, 0.6) is 0 Å². The van der Waals surface area contributed by atoms with Crippen molar-refractivity contribution in [3.8, 4) is 0 Å². The Hall–Kier alpha value is -0.510. The summed E-state index contributed by atoms with van der Waals surface area (Å²) >= 11 is 1.80. The van der Waals surface area contributed by atoms with Gasteiger partial charge in [0, 0.05) is 18.8 Å². The van der Waals surface area contributed by atoms with Gasteiger partial charge in [0.2, 0.25) is 0 Å². The van der Waals surface area contributed by atoms with Gasteiger partial charge in [-0.2, -0.15) is 11.8 Å². The van der Waals surface area contributed by atoms with E-state index in [0.717, 1.165) is 17.9 Å². The number of benzene rings is 1.